The predicted molar refractivity (Wildman–Crippen MR) is 139 cm³/mol. The van der Waals surface area contributed by atoms with Gasteiger partial charge < -0.3 is 4.90 Å². The van der Waals surface area contributed by atoms with Gasteiger partial charge in [-0.15, -0.1) is 0 Å². The van der Waals surface area contributed by atoms with E-state index in [0.717, 1.165) is 41.9 Å². The Hall–Kier alpha value is -2.26. The largest absolute Gasteiger partial charge is 0.307 e. The lowest BCUT2D eigenvalue weighted by Gasteiger charge is -2.30. The first-order chi connectivity index (χ1) is 16.5. The van der Waals surface area contributed by atoms with Crippen molar-refractivity contribution < 1.29 is 9.18 Å². The number of aromatic nitrogens is 2. The molecule has 0 bridgehead atoms. The normalized spacial score (nSPS) is 26.7. The number of carbonyl (C=O) groups is 1. The number of amides is 1. The quantitative estimate of drug-likeness (QED) is 0.386. The third-order valence-electron chi connectivity index (χ3n) is 8.22. The van der Waals surface area contributed by atoms with Crippen molar-refractivity contribution in [1.29, 1.82) is 0 Å². The molecule has 0 radical (unpaired) electrons. The van der Waals surface area contributed by atoms with Crippen molar-refractivity contribution in [3.63, 3.8) is 0 Å². The maximum absolute atomic E-state index is 15.2. The second kappa shape index (κ2) is 8.45. The number of rotatable bonds is 4. The lowest BCUT2D eigenvalue weighted by molar-refractivity contribution is -0.123. The molecule has 2 aliphatic heterocycles. The number of likely N-dealkylation sites (tertiary alicyclic amines) is 1. The smallest absolute Gasteiger partial charge is 0.239 e. The molecule has 2 aromatic carbocycles. The number of halogens is 2. The molecule has 1 aromatic heterocycles. The first kappa shape index (κ1) is 22.2. The van der Waals surface area contributed by atoms with Crippen molar-refractivity contribution in [2.24, 2.45) is 5.92 Å². The zero-order valence-corrected chi connectivity index (χ0v) is 21.4. The van der Waals surface area contributed by atoms with Crippen LogP contribution in [0.4, 0.5) is 10.1 Å². The highest BCUT2D eigenvalue weighted by Crippen LogP contribution is 2.49. The molecule has 176 valence electrons. The molecular formula is C27H28FIN4O. The second-order valence-electron chi connectivity index (χ2n) is 10.1. The Balaban J connectivity index is 1.29. The fraction of sp³-hybridized carbons (Fsp3) is 0.407. The van der Waals surface area contributed by atoms with Gasteiger partial charge in [0.25, 0.3) is 0 Å². The minimum atomic E-state index is -0.510. The second-order valence-corrected chi connectivity index (χ2v) is 11.1. The average Bonchev–Trinajstić information content (AvgIpc) is 3.61. The maximum Gasteiger partial charge on any atom is 0.239 e. The van der Waals surface area contributed by atoms with Crippen molar-refractivity contribution in [2.75, 3.05) is 18.0 Å². The van der Waals surface area contributed by atoms with Gasteiger partial charge in [-0.05, 0) is 55.0 Å². The molecule has 3 aromatic rings. The van der Waals surface area contributed by atoms with Crippen LogP contribution in [0.25, 0.3) is 11.1 Å². The molecule has 34 heavy (non-hydrogen) atoms. The van der Waals surface area contributed by atoms with E-state index in [2.05, 4.69) is 45.9 Å². The number of para-hydroxylation sites is 1. The first-order valence-electron chi connectivity index (χ1n) is 12.1. The van der Waals surface area contributed by atoms with Gasteiger partial charge in [-0.2, -0.15) is 5.10 Å². The van der Waals surface area contributed by atoms with Crippen LogP contribution in [-0.4, -0.2) is 37.9 Å². The number of hydrogen-bond donors (Lipinski definition) is 0. The lowest BCUT2D eigenvalue weighted by atomic mass is 9.81. The molecule has 5 nitrogen and oxygen atoms in total. The van der Waals surface area contributed by atoms with Crippen LogP contribution < -0.4 is 4.90 Å². The highest BCUT2D eigenvalue weighted by atomic mass is 127. The Kier molecular flexibility index (Phi) is 5.52. The number of nitrogens with zero attached hydrogens (tertiary/aromatic N) is 4. The minimum Gasteiger partial charge on any atom is -0.307 e. The lowest BCUT2D eigenvalue weighted by Crippen LogP contribution is -2.44. The van der Waals surface area contributed by atoms with Crippen LogP contribution in [0.5, 0.6) is 0 Å². The summed E-state index contributed by atoms with van der Waals surface area (Å²) in [6.07, 6.45) is 8.20. The molecule has 1 aliphatic carbocycles. The Morgan fingerprint density at radius 3 is 2.76 bits per heavy atom. The molecule has 1 saturated heterocycles. The number of fused-ring (bicyclic) bond motifs is 2. The zero-order chi connectivity index (χ0) is 23.4. The maximum atomic E-state index is 15.2. The number of carbonyl (C=O) groups excluding carboxylic acids is 1. The summed E-state index contributed by atoms with van der Waals surface area (Å²) in [5.41, 5.74) is 3.72. The summed E-state index contributed by atoms with van der Waals surface area (Å²) >= 11 is 2.07. The van der Waals surface area contributed by atoms with Crippen molar-refractivity contribution in [3.8, 4) is 11.1 Å². The molecule has 1 amide bonds. The molecule has 0 N–H and O–H groups in total. The molecule has 3 unspecified atom stereocenters. The number of anilines is 1. The molecule has 1 saturated carbocycles. The molecular weight excluding hydrogens is 542 g/mol. The van der Waals surface area contributed by atoms with Gasteiger partial charge in [0.1, 0.15) is 5.82 Å². The molecule has 3 atom stereocenters. The van der Waals surface area contributed by atoms with Gasteiger partial charge in [0.05, 0.1) is 41.0 Å². The van der Waals surface area contributed by atoms with E-state index in [0.29, 0.717) is 17.5 Å². The monoisotopic (exact) mass is 570 g/mol. The molecule has 1 spiro atoms. The first-order valence-corrected chi connectivity index (χ1v) is 13.1. The molecule has 2 fully saturated rings. The highest BCUT2D eigenvalue weighted by molar-refractivity contribution is 14.1. The summed E-state index contributed by atoms with van der Waals surface area (Å²) in [5.74, 6) is 0.513. The summed E-state index contributed by atoms with van der Waals surface area (Å²) in [6.45, 7) is 4.32. The summed E-state index contributed by atoms with van der Waals surface area (Å²) in [4.78, 5) is 18.4. The summed E-state index contributed by atoms with van der Waals surface area (Å²) < 4.78 is 16.9. The van der Waals surface area contributed by atoms with Crippen molar-refractivity contribution in [2.45, 2.75) is 50.6 Å². The standard InChI is InChI=1S/C27H28FIN4O/c1-18-5-4-8-24(18)31-12-11-27(17-31)22-6-2-3-7-25(22)32(26(27)34)15-20-10-9-19(13-23(20)28)21-14-30-33(29)16-21/h2-3,6-7,9-10,13-14,16,18,24H,4-5,8,11-12,15,17H2,1H3. The Bertz CT molecular complexity index is 1260. The van der Waals surface area contributed by atoms with Crippen LogP contribution in [0.2, 0.25) is 0 Å². The van der Waals surface area contributed by atoms with Gasteiger partial charge >= 0.3 is 0 Å². The predicted octanol–water partition coefficient (Wildman–Crippen LogP) is 5.57. The molecule has 6 rings (SSSR count). The van der Waals surface area contributed by atoms with E-state index < -0.39 is 5.41 Å². The van der Waals surface area contributed by atoms with Crippen LogP contribution in [0.15, 0.2) is 54.9 Å². The zero-order valence-electron chi connectivity index (χ0n) is 19.3. The molecule has 7 heteroatoms. The van der Waals surface area contributed by atoms with Crippen LogP contribution in [0.3, 0.4) is 0 Å². The van der Waals surface area contributed by atoms with E-state index in [1.807, 2.05) is 35.4 Å². The molecule has 3 aliphatic rings. The van der Waals surface area contributed by atoms with Gasteiger partial charge in [-0.25, -0.2) is 7.29 Å². The van der Waals surface area contributed by atoms with E-state index in [1.165, 1.54) is 19.3 Å². The van der Waals surface area contributed by atoms with Gasteiger partial charge in [-0.3, -0.25) is 9.69 Å². The van der Waals surface area contributed by atoms with E-state index in [4.69, 9.17) is 0 Å². The van der Waals surface area contributed by atoms with Crippen LogP contribution in [0, 0.1) is 11.7 Å². The van der Waals surface area contributed by atoms with Gasteiger partial charge in [0, 0.05) is 35.6 Å². The van der Waals surface area contributed by atoms with Crippen molar-refractivity contribution in [3.05, 3.63) is 71.8 Å². The summed E-state index contributed by atoms with van der Waals surface area (Å²) in [6, 6.07) is 14.0. The third kappa shape index (κ3) is 3.50. The van der Waals surface area contributed by atoms with Gasteiger partial charge in [-0.1, -0.05) is 43.7 Å². The van der Waals surface area contributed by atoms with Crippen LogP contribution in [-0.2, 0) is 16.8 Å². The highest BCUT2D eigenvalue weighted by Gasteiger charge is 2.55. The molecule has 3 heterocycles. The minimum absolute atomic E-state index is 0.122. The fourth-order valence-corrected chi connectivity index (χ4v) is 6.84. The third-order valence-corrected chi connectivity index (χ3v) is 8.74. The summed E-state index contributed by atoms with van der Waals surface area (Å²) in [5, 5.41) is 4.17. The fourth-order valence-electron chi connectivity index (χ4n) is 6.41. The topological polar surface area (TPSA) is 41.4 Å². The van der Waals surface area contributed by atoms with Gasteiger partial charge in [0.2, 0.25) is 5.91 Å². The van der Waals surface area contributed by atoms with E-state index in [9.17, 15) is 4.79 Å². The number of hydrogen-bond acceptors (Lipinski definition) is 3. The van der Waals surface area contributed by atoms with Crippen LogP contribution in [0.1, 0.15) is 43.7 Å². The average molecular weight is 570 g/mol. The Morgan fingerprint density at radius 1 is 1.18 bits per heavy atom. The number of benzene rings is 2. The van der Waals surface area contributed by atoms with E-state index in [1.54, 1.807) is 21.2 Å². The van der Waals surface area contributed by atoms with Crippen molar-refractivity contribution >= 4 is 34.5 Å². The van der Waals surface area contributed by atoms with E-state index >= 15 is 4.39 Å². The van der Waals surface area contributed by atoms with Gasteiger partial charge in [0.15, 0.2) is 0 Å². The van der Waals surface area contributed by atoms with Crippen LogP contribution >= 0.6 is 22.9 Å². The van der Waals surface area contributed by atoms with Crippen molar-refractivity contribution in [1.82, 2.24) is 12.9 Å². The Morgan fingerprint density at radius 2 is 2.03 bits per heavy atom. The summed E-state index contributed by atoms with van der Waals surface area (Å²) in [7, 11) is 0. The SMILES string of the molecule is CC1CCCC1N1CCC2(C1)C(=O)N(Cc1ccc(-c3cnn(I)c3)cc1F)c1ccccc12. The van der Waals surface area contributed by atoms with E-state index in [-0.39, 0.29) is 18.3 Å². The Labute approximate surface area is 213 Å².